The smallest absolute Gasteiger partial charge is 0.262 e. The summed E-state index contributed by atoms with van der Waals surface area (Å²) in [4.78, 5) is 0.148. The summed E-state index contributed by atoms with van der Waals surface area (Å²) in [5.74, 6) is 0.489. The standard InChI is InChI=1S/C14H16N2O3S/c1-19-13-6-3-7-14(9-13)20(17,18)16-12-5-2-4-11(8-12)10-15/h2-9,16H,10,15H2,1H3. The van der Waals surface area contributed by atoms with E-state index in [1.54, 1.807) is 30.3 Å². The number of hydrogen-bond acceptors (Lipinski definition) is 4. The van der Waals surface area contributed by atoms with Crippen molar-refractivity contribution in [2.75, 3.05) is 11.8 Å². The van der Waals surface area contributed by atoms with E-state index in [0.29, 0.717) is 18.0 Å². The molecule has 0 unspecified atom stereocenters. The van der Waals surface area contributed by atoms with Gasteiger partial charge in [-0.05, 0) is 29.8 Å². The molecule has 5 nitrogen and oxygen atoms in total. The van der Waals surface area contributed by atoms with Crippen LogP contribution in [0.25, 0.3) is 0 Å². The van der Waals surface area contributed by atoms with E-state index in [2.05, 4.69) is 4.72 Å². The van der Waals surface area contributed by atoms with Crippen LogP contribution in [0, 0.1) is 0 Å². The fraction of sp³-hybridized carbons (Fsp3) is 0.143. The van der Waals surface area contributed by atoms with Crippen LogP contribution in [0.2, 0.25) is 0 Å². The first-order valence-corrected chi connectivity index (χ1v) is 7.49. The molecule has 0 aliphatic heterocycles. The van der Waals surface area contributed by atoms with E-state index in [-0.39, 0.29) is 4.90 Å². The summed E-state index contributed by atoms with van der Waals surface area (Å²) in [6, 6.07) is 13.3. The average molecular weight is 292 g/mol. The lowest BCUT2D eigenvalue weighted by Crippen LogP contribution is -2.13. The van der Waals surface area contributed by atoms with Crippen molar-refractivity contribution in [3.63, 3.8) is 0 Å². The summed E-state index contributed by atoms with van der Waals surface area (Å²) >= 11 is 0. The third-order valence-electron chi connectivity index (χ3n) is 2.77. The van der Waals surface area contributed by atoms with Crippen LogP contribution < -0.4 is 15.2 Å². The molecule has 106 valence electrons. The molecule has 0 radical (unpaired) electrons. The van der Waals surface area contributed by atoms with Gasteiger partial charge in [0.05, 0.1) is 12.0 Å². The molecular weight excluding hydrogens is 276 g/mol. The van der Waals surface area contributed by atoms with Crippen LogP contribution in [-0.4, -0.2) is 15.5 Å². The number of ether oxygens (including phenoxy) is 1. The number of anilines is 1. The third kappa shape index (κ3) is 3.28. The summed E-state index contributed by atoms with van der Waals surface area (Å²) in [5, 5.41) is 0. The monoisotopic (exact) mass is 292 g/mol. The molecule has 0 spiro atoms. The molecular formula is C14H16N2O3S. The van der Waals surface area contributed by atoms with Crippen molar-refractivity contribution in [1.82, 2.24) is 0 Å². The molecule has 6 heteroatoms. The van der Waals surface area contributed by atoms with Crippen LogP contribution in [0.5, 0.6) is 5.75 Å². The van der Waals surface area contributed by atoms with E-state index in [9.17, 15) is 8.42 Å². The summed E-state index contributed by atoms with van der Waals surface area (Å²) < 4.78 is 32.1. The Hall–Kier alpha value is -2.05. The first-order chi connectivity index (χ1) is 9.55. The lowest BCUT2D eigenvalue weighted by molar-refractivity contribution is 0.413. The van der Waals surface area contributed by atoms with Crippen molar-refractivity contribution in [1.29, 1.82) is 0 Å². The summed E-state index contributed by atoms with van der Waals surface area (Å²) in [7, 11) is -2.15. The highest BCUT2D eigenvalue weighted by atomic mass is 32.2. The Balaban J connectivity index is 2.30. The Morgan fingerprint density at radius 3 is 2.60 bits per heavy atom. The molecule has 2 rings (SSSR count). The Morgan fingerprint density at radius 1 is 1.15 bits per heavy atom. The molecule has 0 fully saturated rings. The lowest BCUT2D eigenvalue weighted by atomic mass is 10.2. The van der Waals surface area contributed by atoms with Crippen LogP contribution in [0.4, 0.5) is 5.69 Å². The summed E-state index contributed by atoms with van der Waals surface area (Å²) in [6.45, 7) is 0.356. The number of nitrogens with two attached hydrogens (primary N) is 1. The molecule has 0 aliphatic rings. The Kier molecular flexibility index (Phi) is 4.26. The second kappa shape index (κ2) is 5.94. The molecule has 2 aromatic rings. The maximum atomic E-state index is 12.3. The highest BCUT2D eigenvalue weighted by Gasteiger charge is 2.14. The minimum Gasteiger partial charge on any atom is -0.497 e. The Bertz CT molecular complexity index is 699. The number of sulfonamides is 1. The largest absolute Gasteiger partial charge is 0.497 e. The van der Waals surface area contributed by atoms with Gasteiger partial charge >= 0.3 is 0 Å². The average Bonchev–Trinajstić information content (AvgIpc) is 2.47. The first-order valence-electron chi connectivity index (χ1n) is 6.01. The minimum atomic E-state index is -3.64. The van der Waals surface area contributed by atoms with Gasteiger partial charge in [0.2, 0.25) is 0 Å². The van der Waals surface area contributed by atoms with Crippen LogP contribution in [0.15, 0.2) is 53.4 Å². The SMILES string of the molecule is COc1cccc(S(=O)(=O)Nc2cccc(CN)c2)c1. The molecule has 0 bridgehead atoms. The third-order valence-corrected chi connectivity index (χ3v) is 4.15. The zero-order valence-corrected chi connectivity index (χ0v) is 11.9. The number of nitrogens with one attached hydrogen (secondary N) is 1. The maximum absolute atomic E-state index is 12.3. The van der Waals surface area contributed by atoms with E-state index >= 15 is 0 Å². The summed E-state index contributed by atoms with van der Waals surface area (Å²) in [5.41, 5.74) is 6.88. The van der Waals surface area contributed by atoms with Crippen LogP contribution in [0.3, 0.4) is 0 Å². The van der Waals surface area contributed by atoms with Gasteiger partial charge in [0.1, 0.15) is 5.75 Å². The van der Waals surface area contributed by atoms with Crippen LogP contribution >= 0.6 is 0 Å². The van der Waals surface area contributed by atoms with E-state index in [0.717, 1.165) is 5.56 Å². The Labute approximate surface area is 118 Å². The van der Waals surface area contributed by atoms with Crippen molar-refractivity contribution in [3.05, 3.63) is 54.1 Å². The van der Waals surface area contributed by atoms with Gasteiger partial charge in [-0.2, -0.15) is 0 Å². The van der Waals surface area contributed by atoms with Gasteiger partial charge in [0.15, 0.2) is 0 Å². The second-order valence-corrected chi connectivity index (χ2v) is 5.87. The van der Waals surface area contributed by atoms with Gasteiger partial charge in [-0.3, -0.25) is 4.72 Å². The number of hydrogen-bond donors (Lipinski definition) is 2. The van der Waals surface area contributed by atoms with E-state index in [1.807, 2.05) is 6.07 Å². The van der Waals surface area contributed by atoms with Crippen molar-refractivity contribution >= 4 is 15.7 Å². The highest BCUT2D eigenvalue weighted by Crippen LogP contribution is 2.20. The van der Waals surface area contributed by atoms with Crippen LogP contribution in [0.1, 0.15) is 5.56 Å². The van der Waals surface area contributed by atoms with Gasteiger partial charge < -0.3 is 10.5 Å². The Morgan fingerprint density at radius 2 is 1.90 bits per heavy atom. The fourth-order valence-corrected chi connectivity index (χ4v) is 2.83. The minimum absolute atomic E-state index is 0.148. The molecule has 0 saturated carbocycles. The van der Waals surface area contributed by atoms with Crippen molar-refractivity contribution in [2.24, 2.45) is 5.73 Å². The fourth-order valence-electron chi connectivity index (χ4n) is 1.74. The van der Waals surface area contributed by atoms with Gasteiger partial charge in [-0.1, -0.05) is 18.2 Å². The van der Waals surface area contributed by atoms with Crippen molar-refractivity contribution in [3.8, 4) is 5.75 Å². The van der Waals surface area contributed by atoms with Crippen molar-refractivity contribution in [2.45, 2.75) is 11.4 Å². The normalized spacial score (nSPS) is 11.1. The predicted octanol–water partition coefficient (Wildman–Crippen LogP) is 1.95. The van der Waals surface area contributed by atoms with E-state index in [1.165, 1.54) is 19.2 Å². The maximum Gasteiger partial charge on any atom is 0.262 e. The lowest BCUT2D eigenvalue weighted by Gasteiger charge is -2.10. The number of benzene rings is 2. The molecule has 0 saturated heterocycles. The quantitative estimate of drug-likeness (QED) is 0.882. The molecule has 0 aliphatic carbocycles. The zero-order chi connectivity index (χ0) is 14.6. The number of methoxy groups -OCH3 is 1. The zero-order valence-electron chi connectivity index (χ0n) is 11.0. The molecule has 20 heavy (non-hydrogen) atoms. The molecule has 3 N–H and O–H groups in total. The van der Waals surface area contributed by atoms with Crippen LogP contribution in [-0.2, 0) is 16.6 Å². The van der Waals surface area contributed by atoms with Gasteiger partial charge in [0, 0.05) is 18.3 Å². The first kappa shape index (κ1) is 14.4. The molecule has 0 amide bonds. The van der Waals surface area contributed by atoms with Gasteiger partial charge in [-0.25, -0.2) is 8.42 Å². The summed E-state index contributed by atoms with van der Waals surface area (Å²) in [6.07, 6.45) is 0. The number of rotatable bonds is 5. The van der Waals surface area contributed by atoms with E-state index in [4.69, 9.17) is 10.5 Å². The van der Waals surface area contributed by atoms with Crippen molar-refractivity contribution < 1.29 is 13.2 Å². The highest BCUT2D eigenvalue weighted by molar-refractivity contribution is 7.92. The molecule has 0 aromatic heterocycles. The topological polar surface area (TPSA) is 81.4 Å². The molecule has 0 heterocycles. The van der Waals surface area contributed by atoms with Gasteiger partial charge in [0.25, 0.3) is 10.0 Å². The molecule has 2 aromatic carbocycles. The predicted molar refractivity (Wildman–Crippen MR) is 78.1 cm³/mol. The molecule has 0 atom stereocenters. The van der Waals surface area contributed by atoms with Gasteiger partial charge in [-0.15, -0.1) is 0 Å². The van der Waals surface area contributed by atoms with E-state index < -0.39 is 10.0 Å². The second-order valence-electron chi connectivity index (χ2n) is 4.19.